The highest BCUT2D eigenvalue weighted by molar-refractivity contribution is 5.79. The van der Waals surface area contributed by atoms with E-state index in [-0.39, 0.29) is 25.1 Å². The van der Waals surface area contributed by atoms with E-state index in [1.54, 1.807) is 0 Å². The fourth-order valence-corrected chi connectivity index (χ4v) is 4.54. The molecule has 1 aliphatic rings. The number of ether oxygens (including phenoxy) is 9. The van der Waals surface area contributed by atoms with Crippen molar-refractivity contribution in [1.29, 1.82) is 0 Å². The van der Waals surface area contributed by atoms with Gasteiger partial charge in [-0.25, -0.2) is 4.79 Å². The van der Waals surface area contributed by atoms with Crippen molar-refractivity contribution in [2.45, 2.75) is 12.8 Å². The standard InChI is InChI=1S/C33H47NO11/c1-27(35)44-25-24-43-23-22-42-21-20-41-19-18-40-17-16-39-15-14-38-13-12-37-11-10-34-33(36)45-26-32-30-8-4-2-6-28(30)29-7-3-5-9-31(29)32/h2-9,32H,10-26H2,1H3,(H,34,36). The molecule has 0 spiro atoms. The number of benzene rings is 2. The molecule has 0 unspecified atom stereocenters. The molecule has 250 valence electrons. The summed E-state index contributed by atoms with van der Waals surface area (Å²) in [6, 6.07) is 16.5. The number of rotatable bonds is 26. The van der Waals surface area contributed by atoms with E-state index in [1.807, 2.05) is 24.3 Å². The topological polar surface area (TPSA) is 129 Å². The van der Waals surface area contributed by atoms with E-state index >= 15 is 0 Å². The highest BCUT2D eigenvalue weighted by Gasteiger charge is 2.28. The minimum atomic E-state index is -0.454. The smallest absolute Gasteiger partial charge is 0.407 e. The van der Waals surface area contributed by atoms with E-state index in [2.05, 4.69) is 29.6 Å². The van der Waals surface area contributed by atoms with Crippen molar-refractivity contribution < 1.29 is 52.2 Å². The molecule has 12 heteroatoms. The summed E-state index contributed by atoms with van der Waals surface area (Å²) >= 11 is 0. The monoisotopic (exact) mass is 633 g/mol. The maximum Gasteiger partial charge on any atom is 0.407 e. The van der Waals surface area contributed by atoms with Gasteiger partial charge in [0.05, 0.1) is 92.5 Å². The number of hydrogen-bond acceptors (Lipinski definition) is 11. The molecule has 0 aliphatic heterocycles. The number of carbonyl (C=O) groups is 2. The first-order valence-electron chi connectivity index (χ1n) is 15.4. The van der Waals surface area contributed by atoms with Crippen LogP contribution in [-0.2, 0) is 47.4 Å². The maximum atomic E-state index is 12.2. The molecule has 0 bridgehead atoms. The van der Waals surface area contributed by atoms with Crippen LogP contribution in [0.25, 0.3) is 11.1 Å². The number of esters is 1. The zero-order chi connectivity index (χ0) is 31.8. The Morgan fingerprint density at radius 3 is 1.33 bits per heavy atom. The highest BCUT2D eigenvalue weighted by Crippen LogP contribution is 2.44. The van der Waals surface area contributed by atoms with Gasteiger partial charge in [-0.2, -0.15) is 0 Å². The van der Waals surface area contributed by atoms with E-state index in [0.717, 1.165) is 0 Å². The third-order valence-corrected chi connectivity index (χ3v) is 6.62. The molecule has 0 atom stereocenters. The molecule has 0 fully saturated rings. The summed E-state index contributed by atoms with van der Waals surface area (Å²) < 4.78 is 48.3. The van der Waals surface area contributed by atoms with Crippen LogP contribution in [0, 0.1) is 0 Å². The normalized spacial score (nSPS) is 12.1. The van der Waals surface area contributed by atoms with Gasteiger partial charge < -0.3 is 47.9 Å². The summed E-state index contributed by atoms with van der Waals surface area (Å²) in [7, 11) is 0. The SMILES string of the molecule is CC(=O)OCCOCCOCCOCCOCCOCCOCCOCCNC(=O)OCC1c2ccccc2-c2ccccc21. The van der Waals surface area contributed by atoms with Crippen LogP contribution >= 0.6 is 0 Å². The molecule has 1 amide bonds. The third kappa shape index (κ3) is 15.2. The number of hydrogen-bond donors (Lipinski definition) is 1. The van der Waals surface area contributed by atoms with Crippen LogP contribution in [-0.4, -0.2) is 124 Å². The second-order valence-electron chi connectivity index (χ2n) is 9.88. The minimum Gasteiger partial charge on any atom is -0.463 e. The Bertz CT molecular complexity index is 1050. The van der Waals surface area contributed by atoms with Crippen molar-refractivity contribution in [3.63, 3.8) is 0 Å². The van der Waals surface area contributed by atoms with Crippen molar-refractivity contribution in [2.24, 2.45) is 0 Å². The Labute approximate surface area is 265 Å². The van der Waals surface area contributed by atoms with Crippen LogP contribution < -0.4 is 5.32 Å². The number of nitrogens with one attached hydrogen (secondary N) is 1. The predicted octanol–water partition coefficient (Wildman–Crippen LogP) is 3.20. The van der Waals surface area contributed by atoms with Gasteiger partial charge in [-0.1, -0.05) is 48.5 Å². The van der Waals surface area contributed by atoms with Crippen LogP contribution in [0.15, 0.2) is 48.5 Å². The Balaban J connectivity index is 1.02. The van der Waals surface area contributed by atoms with Gasteiger partial charge in [0.1, 0.15) is 13.2 Å². The van der Waals surface area contributed by atoms with Crippen LogP contribution in [0.2, 0.25) is 0 Å². The lowest BCUT2D eigenvalue weighted by molar-refractivity contribution is -0.142. The number of amides is 1. The molecule has 1 N–H and O–H groups in total. The minimum absolute atomic E-state index is 0.0373. The zero-order valence-corrected chi connectivity index (χ0v) is 26.2. The second-order valence-corrected chi connectivity index (χ2v) is 9.88. The molecule has 2 aromatic carbocycles. The number of fused-ring (bicyclic) bond motifs is 3. The van der Waals surface area contributed by atoms with Gasteiger partial charge in [-0.3, -0.25) is 4.79 Å². The molecular formula is C33H47NO11. The van der Waals surface area contributed by atoms with Gasteiger partial charge >= 0.3 is 12.1 Å². The van der Waals surface area contributed by atoms with Crippen molar-refractivity contribution in [2.75, 3.05) is 112 Å². The second kappa shape index (κ2) is 23.3. The molecule has 2 aromatic rings. The van der Waals surface area contributed by atoms with E-state index in [1.165, 1.54) is 29.2 Å². The van der Waals surface area contributed by atoms with E-state index in [0.29, 0.717) is 99.0 Å². The van der Waals surface area contributed by atoms with E-state index in [4.69, 9.17) is 42.6 Å². The van der Waals surface area contributed by atoms with Crippen LogP contribution in [0.1, 0.15) is 24.0 Å². The maximum absolute atomic E-state index is 12.2. The number of carbonyl (C=O) groups excluding carboxylic acids is 2. The highest BCUT2D eigenvalue weighted by atomic mass is 16.6. The van der Waals surface area contributed by atoms with Gasteiger partial charge in [0.25, 0.3) is 0 Å². The van der Waals surface area contributed by atoms with Crippen molar-refractivity contribution in [1.82, 2.24) is 5.32 Å². The average Bonchev–Trinajstić information content (AvgIpc) is 3.37. The predicted molar refractivity (Wildman–Crippen MR) is 165 cm³/mol. The van der Waals surface area contributed by atoms with Crippen molar-refractivity contribution in [3.8, 4) is 11.1 Å². The lowest BCUT2D eigenvalue weighted by Gasteiger charge is -2.14. The van der Waals surface area contributed by atoms with Crippen molar-refractivity contribution in [3.05, 3.63) is 59.7 Å². The Morgan fingerprint density at radius 2 is 0.911 bits per heavy atom. The number of alkyl carbamates (subject to hydrolysis) is 1. The Hall–Kier alpha value is -3.10. The molecule has 0 saturated heterocycles. The first-order valence-corrected chi connectivity index (χ1v) is 15.4. The fourth-order valence-electron chi connectivity index (χ4n) is 4.54. The van der Waals surface area contributed by atoms with Crippen LogP contribution in [0.3, 0.4) is 0 Å². The molecule has 0 saturated carbocycles. The first-order chi connectivity index (χ1) is 22.2. The Morgan fingerprint density at radius 1 is 0.533 bits per heavy atom. The summed E-state index contributed by atoms with van der Waals surface area (Å²) in [5.74, 6) is -0.278. The van der Waals surface area contributed by atoms with Gasteiger partial charge in [0.2, 0.25) is 0 Å². The lowest BCUT2D eigenvalue weighted by Crippen LogP contribution is -2.29. The Kier molecular flexibility index (Phi) is 18.8. The average molecular weight is 634 g/mol. The van der Waals surface area contributed by atoms with Crippen molar-refractivity contribution >= 4 is 12.1 Å². The van der Waals surface area contributed by atoms with E-state index < -0.39 is 6.09 Å². The molecule has 0 heterocycles. The van der Waals surface area contributed by atoms with Gasteiger partial charge in [-0.05, 0) is 22.3 Å². The molecule has 12 nitrogen and oxygen atoms in total. The zero-order valence-electron chi connectivity index (χ0n) is 26.2. The summed E-state index contributed by atoms with van der Waals surface area (Å²) in [5.41, 5.74) is 4.77. The first kappa shape index (κ1) is 36.4. The van der Waals surface area contributed by atoms with Crippen LogP contribution in [0.5, 0.6) is 0 Å². The van der Waals surface area contributed by atoms with Gasteiger partial charge in [0, 0.05) is 19.4 Å². The van der Waals surface area contributed by atoms with Gasteiger partial charge in [-0.15, -0.1) is 0 Å². The summed E-state index contributed by atoms with van der Waals surface area (Å²) in [5, 5.41) is 2.73. The largest absolute Gasteiger partial charge is 0.463 e. The molecule has 3 rings (SSSR count). The molecular weight excluding hydrogens is 586 g/mol. The summed E-state index contributed by atoms with van der Waals surface area (Å²) in [6.07, 6.45) is -0.454. The summed E-state index contributed by atoms with van der Waals surface area (Å²) in [4.78, 5) is 22.8. The van der Waals surface area contributed by atoms with E-state index in [9.17, 15) is 9.59 Å². The lowest BCUT2D eigenvalue weighted by atomic mass is 9.98. The van der Waals surface area contributed by atoms with Gasteiger partial charge in [0.15, 0.2) is 0 Å². The molecule has 45 heavy (non-hydrogen) atoms. The van der Waals surface area contributed by atoms with Crippen LogP contribution in [0.4, 0.5) is 4.79 Å². The fraction of sp³-hybridized carbons (Fsp3) is 0.576. The quantitative estimate of drug-likeness (QED) is 0.121. The third-order valence-electron chi connectivity index (χ3n) is 6.62. The molecule has 1 aliphatic carbocycles. The summed E-state index contributed by atoms with van der Waals surface area (Å²) in [6.45, 7) is 8.52. The molecule has 0 radical (unpaired) electrons. The molecule has 0 aromatic heterocycles.